The second-order valence-electron chi connectivity index (χ2n) is 4.46. The smallest absolute Gasteiger partial charge is 0.235 e. The van der Waals surface area contributed by atoms with Gasteiger partial charge in [0.2, 0.25) is 15.9 Å². The second-order valence-corrected chi connectivity index (χ2v) is 8.62. The van der Waals surface area contributed by atoms with Crippen LogP contribution in [0.4, 0.5) is 0 Å². The van der Waals surface area contributed by atoms with Gasteiger partial charge in [-0.15, -0.1) is 6.58 Å². The summed E-state index contributed by atoms with van der Waals surface area (Å²) in [6.45, 7) is 3.30. The van der Waals surface area contributed by atoms with Gasteiger partial charge in [0.15, 0.2) is 9.84 Å². The van der Waals surface area contributed by atoms with Crippen LogP contribution in [0.15, 0.2) is 12.7 Å². The van der Waals surface area contributed by atoms with Crippen LogP contribution in [-0.2, 0) is 24.7 Å². The molecule has 0 aromatic carbocycles. The number of sulfone groups is 1. The number of sulfonamides is 1. The molecule has 1 rings (SSSR count). The van der Waals surface area contributed by atoms with E-state index in [1.807, 2.05) is 0 Å². The van der Waals surface area contributed by atoms with Crippen molar-refractivity contribution in [1.29, 1.82) is 0 Å². The van der Waals surface area contributed by atoms with Gasteiger partial charge in [0.1, 0.15) is 0 Å². The molecule has 1 saturated heterocycles. The van der Waals surface area contributed by atoms with Crippen LogP contribution in [0.25, 0.3) is 0 Å². The summed E-state index contributed by atoms with van der Waals surface area (Å²) in [7, 11) is -6.84. The third-order valence-corrected chi connectivity index (χ3v) is 5.81. The molecule has 0 aromatic heterocycles. The van der Waals surface area contributed by atoms with Crippen molar-refractivity contribution in [3.63, 3.8) is 0 Å². The standard InChI is InChI=1S/C10H18N2O5S2/c1-3-5-11-10(13)7-12(18(2,14)15)9-4-6-19(16,17)8-9/h3,9H,1,4-8H2,2H3,(H,11,13). The molecule has 0 saturated carbocycles. The van der Waals surface area contributed by atoms with Crippen molar-refractivity contribution in [3.05, 3.63) is 12.7 Å². The highest BCUT2D eigenvalue weighted by Gasteiger charge is 2.37. The van der Waals surface area contributed by atoms with Crippen LogP contribution in [0.5, 0.6) is 0 Å². The maximum absolute atomic E-state index is 11.7. The van der Waals surface area contributed by atoms with Crippen LogP contribution >= 0.6 is 0 Å². The van der Waals surface area contributed by atoms with Gasteiger partial charge in [0.25, 0.3) is 0 Å². The Labute approximate surface area is 113 Å². The lowest BCUT2D eigenvalue weighted by Gasteiger charge is -2.24. The van der Waals surface area contributed by atoms with Crippen LogP contribution in [0.3, 0.4) is 0 Å². The topological polar surface area (TPSA) is 101 Å². The van der Waals surface area contributed by atoms with Gasteiger partial charge in [-0.25, -0.2) is 16.8 Å². The molecule has 1 aliphatic heterocycles. The van der Waals surface area contributed by atoms with E-state index < -0.39 is 31.8 Å². The Morgan fingerprint density at radius 2 is 2.16 bits per heavy atom. The predicted octanol–water partition coefficient (Wildman–Crippen LogP) is -1.26. The van der Waals surface area contributed by atoms with Crippen LogP contribution in [-0.4, -0.2) is 63.9 Å². The molecule has 0 radical (unpaired) electrons. The number of nitrogens with zero attached hydrogens (tertiary/aromatic N) is 1. The average Bonchev–Trinajstić information content (AvgIpc) is 2.61. The number of hydrogen-bond acceptors (Lipinski definition) is 5. The summed E-state index contributed by atoms with van der Waals surface area (Å²) >= 11 is 0. The highest BCUT2D eigenvalue weighted by atomic mass is 32.2. The number of carbonyl (C=O) groups is 1. The fourth-order valence-corrected chi connectivity index (χ4v) is 4.80. The molecule has 110 valence electrons. The van der Waals surface area contributed by atoms with E-state index in [0.29, 0.717) is 0 Å². The van der Waals surface area contributed by atoms with Crippen molar-refractivity contribution < 1.29 is 21.6 Å². The molecule has 7 nitrogen and oxygen atoms in total. The fourth-order valence-electron chi connectivity index (χ4n) is 1.90. The minimum absolute atomic E-state index is 0.0437. The lowest BCUT2D eigenvalue weighted by atomic mass is 10.2. The molecule has 19 heavy (non-hydrogen) atoms. The van der Waals surface area contributed by atoms with Crippen molar-refractivity contribution in [2.45, 2.75) is 12.5 Å². The summed E-state index contributed by atoms with van der Waals surface area (Å²) in [6.07, 6.45) is 2.67. The molecule has 1 unspecified atom stereocenters. The van der Waals surface area contributed by atoms with Gasteiger partial charge in [-0.1, -0.05) is 6.08 Å². The molecule has 1 aliphatic rings. The van der Waals surface area contributed by atoms with Gasteiger partial charge < -0.3 is 5.32 Å². The highest BCUT2D eigenvalue weighted by molar-refractivity contribution is 7.92. The molecule has 1 heterocycles. The Hall–Kier alpha value is -0.930. The molecule has 0 aliphatic carbocycles. The van der Waals surface area contributed by atoms with E-state index in [1.165, 1.54) is 6.08 Å². The normalized spacial score (nSPS) is 22.3. The minimum atomic E-state index is -3.64. The molecule has 1 atom stereocenters. The molecule has 1 fully saturated rings. The van der Waals surface area contributed by atoms with Crippen LogP contribution in [0, 0.1) is 0 Å². The third kappa shape index (κ3) is 4.92. The third-order valence-electron chi connectivity index (χ3n) is 2.78. The number of amides is 1. The Kier molecular flexibility index (Phi) is 5.11. The first-order valence-electron chi connectivity index (χ1n) is 5.70. The molecular weight excluding hydrogens is 292 g/mol. The van der Waals surface area contributed by atoms with E-state index in [0.717, 1.165) is 10.6 Å². The quantitative estimate of drug-likeness (QED) is 0.617. The highest BCUT2D eigenvalue weighted by Crippen LogP contribution is 2.19. The molecule has 1 N–H and O–H groups in total. The maximum atomic E-state index is 11.7. The van der Waals surface area contributed by atoms with E-state index in [2.05, 4.69) is 11.9 Å². The van der Waals surface area contributed by atoms with Gasteiger partial charge in [-0.2, -0.15) is 4.31 Å². The van der Waals surface area contributed by atoms with Crippen molar-refractivity contribution in [3.8, 4) is 0 Å². The maximum Gasteiger partial charge on any atom is 0.235 e. The van der Waals surface area contributed by atoms with Gasteiger partial charge in [0, 0.05) is 12.6 Å². The minimum Gasteiger partial charge on any atom is -0.351 e. The monoisotopic (exact) mass is 310 g/mol. The zero-order valence-corrected chi connectivity index (χ0v) is 12.3. The SMILES string of the molecule is C=CCNC(=O)CN(C1CCS(=O)(=O)C1)S(C)(=O)=O. The van der Waals surface area contributed by atoms with E-state index in [4.69, 9.17) is 0 Å². The summed E-state index contributed by atoms with van der Waals surface area (Å²) in [5, 5.41) is 2.47. The number of hydrogen-bond donors (Lipinski definition) is 1. The van der Waals surface area contributed by atoms with E-state index in [-0.39, 0.29) is 31.0 Å². The van der Waals surface area contributed by atoms with Gasteiger partial charge in [0.05, 0.1) is 24.3 Å². The summed E-state index contributed by atoms with van der Waals surface area (Å²) in [5.74, 6) is -0.748. The van der Waals surface area contributed by atoms with Crippen LogP contribution in [0.2, 0.25) is 0 Å². The molecule has 1 amide bonds. The van der Waals surface area contributed by atoms with Gasteiger partial charge in [-0.05, 0) is 6.42 Å². The molecule has 0 bridgehead atoms. The van der Waals surface area contributed by atoms with E-state index in [1.54, 1.807) is 0 Å². The Morgan fingerprint density at radius 3 is 2.58 bits per heavy atom. The van der Waals surface area contributed by atoms with Gasteiger partial charge in [-0.3, -0.25) is 4.79 Å². The number of rotatable bonds is 6. The average molecular weight is 310 g/mol. The first-order valence-corrected chi connectivity index (χ1v) is 9.37. The zero-order chi connectivity index (χ0) is 14.7. The van der Waals surface area contributed by atoms with Crippen molar-refractivity contribution in [1.82, 2.24) is 9.62 Å². The lowest BCUT2D eigenvalue weighted by molar-refractivity contribution is -0.121. The van der Waals surface area contributed by atoms with Gasteiger partial charge >= 0.3 is 0 Å². The predicted molar refractivity (Wildman–Crippen MR) is 71.8 cm³/mol. The number of nitrogens with one attached hydrogen (secondary N) is 1. The van der Waals surface area contributed by atoms with Crippen molar-refractivity contribution >= 4 is 25.8 Å². The fraction of sp³-hybridized carbons (Fsp3) is 0.700. The van der Waals surface area contributed by atoms with Crippen molar-refractivity contribution in [2.24, 2.45) is 0 Å². The summed E-state index contributed by atoms with van der Waals surface area (Å²) in [4.78, 5) is 11.6. The second kappa shape index (κ2) is 6.02. The van der Waals surface area contributed by atoms with E-state index in [9.17, 15) is 21.6 Å². The number of carbonyl (C=O) groups excluding carboxylic acids is 1. The van der Waals surface area contributed by atoms with E-state index >= 15 is 0 Å². The first kappa shape index (κ1) is 16.1. The van der Waals surface area contributed by atoms with Crippen molar-refractivity contribution in [2.75, 3.05) is 30.9 Å². The largest absolute Gasteiger partial charge is 0.351 e. The molecule has 0 spiro atoms. The summed E-state index contributed by atoms with van der Waals surface area (Å²) in [6, 6.07) is -0.658. The summed E-state index contributed by atoms with van der Waals surface area (Å²) < 4.78 is 47.1. The Bertz CT molecular complexity index is 552. The first-order chi connectivity index (χ1) is 8.65. The molecule has 9 heteroatoms. The van der Waals surface area contributed by atoms with Crippen LogP contribution in [0.1, 0.15) is 6.42 Å². The Morgan fingerprint density at radius 1 is 1.53 bits per heavy atom. The molecular formula is C10H18N2O5S2. The summed E-state index contributed by atoms with van der Waals surface area (Å²) in [5.41, 5.74) is 0. The lowest BCUT2D eigenvalue weighted by Crippen LogP contribution is -2.46. The zero-order valence-electron chi connectivity index (χ0n) is 10.7. The Balaban J connectivity index is 2.80. The van der Waals surface area contributed by atoms with Crippen LogP contribution < -0.4 is 5.32 Å². The molecule has 0 aromatic rings.